The lowest BCUT2D eigenvalue weighted by atomic mass is 10.2. The summed E-state index contributed by atoms with van der Waals surface area (Å²) in [6.07, 6.45) is 2.76. The molecule has 2 heterocycles. The van der Waals surface area contributed by atoms with Crippen molar-refractivity contribution < 1.29 is 19.4 Å². The predicted molar refractivity (Wildman–Crippen MR) is 50.6 cm³/mol. The van der Waals surface area contributed by atoms with Gasteiger partial charge in [-0.25, -0.2) is 4.79 Å². The number of carbonyl (C=O) groups is 1. The maximum atomic E-state index is 10.6. The van der Waals surface area contributed by atoms with E-state index in [4.69, 9.17) is 14.6 Å². The molecule has 2 N–H and O–H groups in total. The molecule has 0 radical (unpaired) electrons. The molecule has 2 aromatic rings. The van der Waals surface area contributed by atoms with E-state index in [1.54, 1.807) is 0 Å². The first-order chi connectivity index (χ1) is 7.16. The summed E-state index contributed by atoms with van der Waals surface area (Å²) < 4.78 is 5.04. The van der Waals surface area contributed by atoms with Crippen molar-refractivity contribution in [2.24, 2.45) is 0 Å². The quantitative estimate of drug-likeness (QED) is 0.780. The Balaban J connectivity index is 2.41. The highest BCUT2D eigenvalue weighted by molar-refractivity contribution is 5.85. The normalized spacial score (nSPS) is 10.1. The molecule has 0 bridgehead atoms. The second-order valence-corrected chi connectivity index (χ2v) is 2.90. The van der Waals surface area contributed by atoms with Crippen LogP contribution in [-0.4, -0.2) is 21.2 Å². The molecule has 0 saturated carbocycles. The maximum absolute atomic E-state index is 10.6. The molecule has 0 amide bonds. The summed E-state index contributed by atoms with van der Waals surface area (Å²) in [7, 11) is 0. The van der Waals surface area contributed by atoms with Gasteiger partial charge in [0.1, 0.15) is 11.5 Å². The molecule has 0 aliphatic heterocycles. The average Bonchev–Trinajstić information content (AvgIpc) is 2.66. The van der Waals surface area contributed by atoms with Crippen LogP contribution in [0.25, 0.3) is 11.3 Å². The fourth-order valence-electron chi connectivity index (χ4n) is 1.17. The molecule has 5 heteroatoms. The number of aromatic nitrogens is 1. The molecule has 0 unspecified atom stereocenters. The van der Waals surface area contributed by atoms with Crippen LogP contribution in [0.15, 0.2) is 35.0 Å². The molecule has 2 aromatic heterocycles. The highest BCUT2D eigenvalue weighted by atomic mass is 16.4. The van der Waals surface area contributed by atoms with Gasteiger partial charge in [0.05, 0.1) is 6.20 Å². The van der Waals surface area contributed by atoms with E-state index in [0.717, 1.165) is 0 Å². The highest BCUT2D eigenvalue weighted by Crippen LogP contribution is 2.23. The zero-order valence-corrected chi connectivity index (χ0v) is 7.54. The van der Waals surface area contributed by atoms with Crippen molar-refractivity contribution in [1.82, 2.24) is 4.98 Å². The zero-order valence-electron chi connectivity index (χ0n) is 7.54. The largest absolute Gasteiger partial charge is 0.506 e. The van der Waals surface area contributed by atoms with Crippen LogP contribution < -0.4 is 0 Å². The fraction of sp³-hybridized carbons (Fsp3) is 0. The summed E-state index contributed by atoms with van der Waals surface area (Å²) >= 11 is 0. The molecular formula is C10H7NO4. The van der Waals surface area contributed by atoms with E-state index < -0.39 is 5.97 Å². The Morgan fingerprint density at radius 2 is 2.13 bits per heavy atom. The van der Waals surface area contributed by atoms with Crippen LogP contribution in [0.1, 0.15) is 10.6 Å². The summed E-state index contributed by atoms with van der Waals surface area (Å²) in [5.74, 6) is -0.917. The Morgan fingerprint density at radius 1 is 1.33 bits per heavy atom. The molecule has 0 atom stereocenters. The van der Waals surface area contributed by atoms with Crippen LogP contribution in [0.2, 0.25) is 0 Å². The summed E-state index contributed by atoms with van der Waals surface area (Å²) in [6, 6.07) is 4.30. The van der Waals surface area contributed by atoms with E-state index in [-0.39, 0.29) is 11.5 Å². The van der Waals surface area contributed by atoms with Gasteiger partial charge in [-0.3, -0.25) is 4.98 Å². The Hall–Kier alpha value is -2.30. The van der Waals surface area contributed by atoms with Gasteiger partial charge >= 0.3 is 5.97 Å². The summed E-state index contributed by atoms with van der Waals surface area (Å²) in [5.41, 5.74) is 0.530. The summed E-state index contributed by atoms with van der Waals surface area (Å²) in [5, 5.41) is 17.8. The van der Waals surface area contributed by atoms with Crippen LogP contribution in [0.3, 0.4) is 0 Å². The van der Waals surface area contributed by atoms with Crippen LogP contribution in [0, 0.1) is 0 Å². The number of carboxylic acids is 1. The number of rotatable bonds is 2. The van der Waals surface area contributed by atoms with E-state index >= 15 is 0 Å². The second-order valence-electron chi connectivity index (χ2n) is 2.90. The van der Waals surface area contributed by atoms with Gasteiger partial charge < -0.3 is 14.6 Å². The van der Waals surface area contributed by atoms with Gasteiger partial charge in [-0.2, -0.15) is 0 Å². The molecule has 0 aromatic carbocycles. The van der Waals surface area contributed by atoms with Crippen molar-refractivity contribution in [3.05, 3.63) is 36.4 Å². The van der Waals surface area contributed by atoms with E-state index in [9.17, 15) is 4.79 Å². The molecule has 0 saturated heterocycles. The van der Waals surface area contributed by atoms with Crippen LogP contribution in [0.5, 0.6) is 5.75 Å². The van der Waals surface area contributed by atoms with Crippen molar-refractivity contribution in [2.45, 2.75) is 0 Å². The minimum absolute atomic E-state index is 0.000718. The molecule has 76 valence electrons. The zero-order chi connectivity index (χ0) is 10.8. The Bertz CT molecular complexity index is 504. The summed E-state index contributed by atoms with van der Waals surface area (Å²) in [6.45, 7) is 0. The third-order valence-corrected chi connectivity index (χ3v) is 1.83. The first-order valence-corrected chi connectivity index (χ1v) is 4.14. The first kappa shape index (κ1) is 9.26. The van der Waals surface area contributed by atoms with Gasteiger partial charge in [0.2, 0.25) is 5.76 Å². The van der Waals surface area contributed by atoms with Crippen molar-refractivity contribution in [2.75, 3.05) is 0 Å². The standard InChI is InChI=1S/C10H7NO4/c12-7-3-6(4-11-5-7)8-1-2-9(15-8)10(13)14/h1-5,12H,(H,13,14). The third-order valence-electron chi connectivity index (χ3n) is 1.83. The van der Waals surface area contributed by atoms with Gasteiger partial charge in [-0.1, -0.05) is 0 Å². The van der Waals surface area contributed by atoms with Gasteiger partial charge in [-0.15, -0.1) is 0 Å². The van der Waals surface area contributed by atoms with E-state index in [0.29, 0.717) is 11.3 Å². The number of furan rings is 1. The molecular weight excluding hydrogens is 198 g/mol. The molecule has 0 aliphatic carbocycles. The number of carboxylic acid groups (broad SMARTS) is 1. The average molecular weight is 205 g/mol. The predicted octanol–water partition coefficient (Wildman–Crippen LogP) is 1.75. The molecule has 0 fully saturated rings. The van der Waals surface area contributed by atoms with Crippen molar-refractivity contribution in [1.29, 1.82) is 0 Å². The number of nitrogens with zero attached hydrogens (tertiary/aromatic N) is 1. The smallest absolute Gasteiger partial charge is 0.371 e. The van der Waals surface area contributed by atoms with E-state index in [2.05, 4.69) is 4.98 Å². The lowest BCUT2D eigenvalue weighted by molar-refractivity contribution is 0.0663. The Kier molecular flexibility index (Phi) is 2.13. The molecule has 2 rings (SSSR count). The van der Waals surface area contributed by atoms with Gasteiger partial charge in [0.15, 0.2) is 0 Å². The minimum Gasteiger partial charge on any atom is -0.506 e. The second kappa shape index (κ2) is 3.45. The summed E-state index contributed by atoms with van der Waals surface area (Å²) in [4.78, 5) is 14.3. The monoisotopic (exact) mass is 205 g/mol. The van der Waals surface area contributed by atoms with Crippen molar-refractivity contribution in [3.63, 3.8) is 0 Å². The number of hydrogen-bond donors (Lipinski definition) is 2. The molecule has 0 aliphatic rings. The topological polar surface area (TPSA) is 83.6 Å². The molecule has 15 heavy (non-hydrogen) atoms. The van der Waals surface area contributed by atoms with Crippen LogP contribution in [0.4, 0.5) is 0 Å². The molecule has 0 spiro atoms. The van der Waals surface area contributed by atoms with Gasteiger partial charge in [-0.05, 0) is 18.2 Å². The van der Waals surface area contributed by atoms with E-state index in [1.807, 2.05) is 0 Å². The molecule has 5 nitrogen and oxygen atoms in total. The highest BCUT2D eigenvalue weighted by Gasteiger charge is 2.10. The number of aromatic carboxylic acids is 1. The number of aromatic hydroxyl groups is 1. The van der Waals surface area contributed by atoms with E-state index in [1.165, 1.54) is 30.6 Å². The SMILES string of the molecule is O=C(O)c1ccc(-c2cncc(O)c2)o1. The van der Waals surface area contributed by atoms with Gasteiger partial charge in [0, 0.05) is 11.8 Å². The fourth-order valence-corrected chi connectivity index (χ4v) is 1.17. The lowest BCUT2D eigenvalue weighted by Crippen LogP contribution is -1.91. The number of pyridine rings is 1. The van der Waals surface area contributed by atoms with Crippen LogP contribution in [-0.2, 0) is 0 Å². The Labute approximate surface area is 84.6 Å². The van der Waals surface area contributed by atoms with Crippen molar-refractivity contribution >= 4 is 5.97 Å². The first-order valence-electron chi connectivity index (χ1n) is 4.14. The van der Waals surface area contributed by atoms with Crippen molar-refractivity contribution in [3.8, 4) is 17.1 Å². The lowest BCUT2D eigenvalue weighted by Gasteiger charge is -1.96. The van der Waals surface area contributed by atoms with Gasteiger partial charge in [0.25, 0.3) is 0 Å². The Morgan fingerprint density at radius 3 is 2.73 bits per heavy atom. The van der Waals surface area contributed by atoms with Crippen LogP contribution >= 0.6 is 0 Å². The third kappa shape index (κ3) is 1.80. The minimum atomic E-state index is -1.13. The maximum Gasteiger partial charge on any atom is 0.371 e. The number of hydrogen-bond acceptors (Lipinski definition) is 4.